The molecule has 0 aliphatic carbocycles. The molecule has 2 rings (SSSR count). The van der Waals surface area contributed by atoms with E-state index in [2.05, 4.69) is 0 Å². The van der Waals surface area contributed by atoms with Crippen LogP contribution in [0.4, 0.5) is 4.79 Å². The molecule has 0 saturated carbocycles. The molecular weight excluding hydrogens is 308 g/mol. The van der Waals surface area contributed by atoms with Gasteiger partial charge in [0.1, 0.15) is 5.60 Å². The second kappa shape index (κ2) is 5.65. The molecule has 2 aliphatic heterocycles. The number of hydrogen-bond acceptors (Lipinski definition) is 5. The molecule has 7 nitrogen and oxygen atoms in total. The van der Waals surface area contributed by atoms with Gasteiger partial charge in [-0.3, -0.25) is 0 Å². The average molecular weight is 334 g/mol. The first-order chi connectivity index (χ1) is 9.91. The number of fused-ring (bicyclic) bond motifs is 1. The van der Waals surface area contributed by atoms with Crippen LogP contribution in [0.15, 0.2) is 0 Å². The molecule has 0 spiro atoms. The number of carbonyl (C=O) groups excluding carboxylic acids is 1. The molecule has 22 heavy (non-hydrogen) atoms. The van der Waals surface area contributed by atoms with Crippen molar-refractivity contribution in [1.29, 1.82) is 0 Å². The topological polar surface area (TPSA) is 87.2 Å². The van der Waals surface area contributed by atoms with Crippen LogP contribution in [-0.4, -0.2) is 72.5 Å². The fourth-order valence-electron chi connectivity index (χ4n) is 3.07. The van der Waals surface area contributed by atoms with Gasteiger partial charge in [-0.1, -0.05) is 0 Å². The van der Waals surface area contributed by atoms with Gasteiger partial charge in [-0.05, 0) is 33.6 Å². The molecule has 0 aromatic rings. The molecular formula is C14H26N2O5S. The SMILES string of the molecule is CC(C)(C)OC(=O)N1CC[C@@]2(O)CCN(S(C)(=O)=O)C[C@@H]2C1. The monoisotopic (exact) mass is 334 g/mol. The van der Waals surface area contributed by atoms with Gasteiger partial charge in [-0.15, -0.1) is 0 Å². The molecule has 0 radical (unpaired) electrons. The normalized spacial score (nSPS) is 30.8. The quantitative estimate of drug-likeness (QED) is 0.760. The highest BCUT2D eigenvalue weighted by atomic mass is 32.2. The predicted octanol–water partition coefficient (Wildman–Crippen LogP) is 0.640. The van der Waals surface area contributed by atoms with Gasteiger partial charge in [0.05, 0.1) is 11.9 Å². The Labute approximate surface area is 132 Å². The number of piperidine rings is 2. The maximum atomic E-state index is 12.2. The maximum Gasteiger partial charge on any atom is 0.410 e. The third-order valence-electron chi connectivity index (χ3n) is 4.35. The first kappa shape index (κ1) is 17.5. The predicted molar refractivity (Wildman–Crippen MR) is 81.9 cm³/mol. The maximum absolute atomic E-state index is 12.2. The summed E-state index contributed by atoms with van der Waals surface area (Å²) in [7, 11) is -3.28. The van der Waals surface area contributed by atoms with Crippen LogP contribution in [0, 0.1) is 5.92 Å². The molecule has 0 aromatic carbocycles. The lowest BCUT2D eigenvalue weighted by molar-refractivity contribution is -0.101. The highest BCUT2D eigenvalue weighted by Gasteiger charge is 2.47. The van der Waals surface area contributed by atoms with Crippen molar-refractivity contribution in [1.82, 2.24) is 9.21 Å². The largest absolute Gasteiger partial charge is 0.444 e. The molecule has 0 aromatic heterocycles. The van der Waals surface area contributed by atoms with E-state index < -0.39 is 27.3 Å². The van der Waals surface area contributed by atoms with E-state index in [9.17, 15) is 18.3 Å². The molecule has 1 amide bonds. The minimum atomic E-state index is -3.28. The summed E-state index contributed by atoms with van der Waals surface area (Å²) < 4.78 is 30.2. The summed E-state index contributed by atoms with van der Waals surface area (Å²) in [6, 6.07) is 0. The van der Waals surface area contributed by atoms with E-state index in [-0.39, 0.29) is 12.5 Å². The van der Waals surface area contributed by atoms with Crippen LogP contribution in [0.25, 0.3) is 0 Å². The van der Waals surface area contributed by atoms with Crippen molar-refractivity contribution in [2.45, 2.75) is 44.8 Å². The van der Waals surface area contributed by atoms with Crippen LogP contribution in [0.5, 0.6) is 0 Å². The number of ether oxygens (including phenoxy) is 1. The fourth-order valence-corrected chi connectivity index (χ4v) is 3.94. The number of carbonyl (C=O) groups is 1. The summed E-state index contributed by atoms with van der Waals surface area (Å²) in [5.74, 6) is -0.280. The fraction of sp³-hybridized carbons (Fsp3) is 0.929. The van der Waals surface area contributed by atoms with Gasteiger partial charge >= 0.3 is 6.09 Å². The zero-order valence-electron chi connectivity index (χ0n) is 13.7. The van der Waals surface area contributed by atoms with Gasteiger partial charge in [-0.25, -0.2) is 17.5 Å². The van der Waals surface area contributed by atoms with Gasteiger partial charge in [0.2, 0.25) is 10.0 Å². The van der Waals surface area contributed by atoms with Crippen LogP contribution < -0.4 is 0 Å². The Morgan fingerprint density at radius 2 is 1.82 bits per heavy atom. The van der Waals surface area contributed by atoms with Crippen molar-refractivity contribution < 1.29 is 23.1 Å². The third-order valence-corrected chi connectivity index (χ3v) is 5.62. The van der Waals surface area contributed by atoms with Crippen molar-refractivity contribution in [2.24, 2.45) is 5.92 Å². The summed E-state index contributed by atoms with van der Waals surface area (Å²) in [6.07, 6.45) is 1.62. The van der Waals surface area contributed by atoms with E-state index in [4.69, 9.17) is 4.74 Å². The molecule has 0 unspecified atom stereocenters. The Bertz CT molecular complexity index is 542. The number of nitrogens with zero attached hydrogens (tertiary/aromatic N) is 2. The molecule has 2 fully saturated rings. The van der Waals surface area contributed by atoms with Crippen LogP contribution in [0.3, 0.4) is 0 Å². The van der Waals surface area contributed by atoms with E-state index in [1.54, 1.807) is 25.7 Å². The van der Waals surface area contributed by atoms with Gasteiger partial charge < -0.3 is 14.7 Å². The first-order valence-electron chi connectivity index (χ1n) is 7.56. The van der Waals surface area contributed by atoms with E-state index in [1.807, 2.05) is 0 Å². The Morgan fingerprint density at radius 1 is 1.23 bits per heavy atom. The zero-order valence-corrected chi connectivity index (χ0v) is 14.5. The van der Waals surface area contributed by atoms with Crippen LogP contribution in [0.2, 0.25) is 0 Å². The molecule has 2 atom stereocenters. The molecule has 1 N–H and O–H groups in total. The summed E-state index contributed by atoms with van der Waals surface area (Å²) in [6.45, 7) is 6.73. The van der Waals surface area contributed by atoms with Crippen LogP contribution in [0.1, 0.15) is 33.6 Å². The summed E-state index contributed by atoms with van der Waals surface area (Å²) >= 11 is 0. The third kappa shape index (κ3) is 3.91. The number of likely N-dealkylation sites (tertiary alicyclic amines) is 1. The van der Waals surface area contributed by atoms with Gasteiger partial charge in [-0.2, -0.15) is 0 Å². The van der Waals surface area contributed by atoms with Crippen molar-refractivity contribution in [2.75, 3.05) is 32.4 Å². The van der Waals surface area contributed by atoms with Gasteiger partial charge in [0, 0.05) is 32.1 Å². The highest BCUT2D eigenvalue weighted by Crippen LogP contribution is 2.36. The number of sulfonamides is 1. The molecule has 0 bridgehead atoms. The summed E-state index contributed by atoms with van der Waals surface area (Å²) in [4.78, 5) is 13.7. The van der Waals surface area contributed by atoms with Gasteiger partial charge in [0.15, 0.2) is 0 Å². The van der Waals surface area contributed by atoms with Crippen molar-refractivity contribution in [3.8, 4) is 0 Å². The van der Waals surface area contributed by atoms with Crippen molar-refractivity contribution in [3.63, 3.8) is 0 Å². The molecule has 2 saturated heterocycles. The molecule has 8 heteroatoms. The van der Waals surface area contributed by atoms with E-state index in [1.165, 1.54) is 10.6 Å². The standard InChI is InChI=1S/C14H26N2O5S/c1-13(2,3)21-12(17)15-7-5-14(18)6-8-16(22(4,19)20)10-11(14)9-15/h11,18H,5-10H2,1-4H3/t11-,14+/m0/s1. The minimum Gasteiger partial charge on any atom is -0.444 e. The summed E-state index contributed by atoms with van der Waals surface area (Å²) in [5.41, 5.74) is -1.46. The lowest BCUT2D eigenvalue weighted by Gasteiger charge is -2.49. The second-order valence-electron chi connectivity index (χ2n) is 7.35. The Balaban J connectivity index is 2.07. The van der Waals surface area contributed by atoms with Gasteiger partial charge in [0.25, 0.3) is 0 Å². The second-order valence-corrected chi connectivity index (χ2v) is 9.33. The smallest absolute Gasteiger partial charge is 0.410 e. The number of amides is 1. The molecule has 128 valence electrons. The molecule has 2 heterocycles. The number of hydrogen-bond donors (Lipinski definition) is 1. The van der Waals surface area contributed by atoms with E-state index >= 15 is 0 Å². The first-order valence-corrected chi connectivity index (χ1v) is 9.41. The Morgan fingerprint density at radius 3 is 2.36 bits per heavy atom. The Kier molecular flexibility index (Phi) is 4.49. The van der Waals surface area contributed by atoms with Crippen molar-refractivity contribution >= 4 is 16.1 Å². The zero-order chi connectivity index (χ0) is 16.8. The lowest BCUT2D eigenvalue weighted by atomic mass is 9.76. The van der Waals surface area contributed by atoms with E-state index in [0.29, 0.717) is 32.5 Å². The summed E-state index contributed by atoms with van der Waals surface area (Å²) in [5, 5.41) is 10.7. The average Bonchev–Trinajstić information content (AvgIpc) is 2.33. The van der Waals surface area contributed by atoms with E-state index in [0.717, 1.165) is 0 Å². The number of rotatable bonds is 1. The van der Waals surface area contributed by atoms with Crippen LogP contribution in [-0.2, 0) is 14.8 Å². The minimum absolute atomic E-state index is 0.245. The van der Waals surface area contributed by atoms with Crippen LogP contribution >= 0.6 is 0 Å². The number of aliphatic hydroxyl groups is 1. The van der Waals surface area contributed by atoms with Crippen molar-refractivity contribution in [3.05, 3.63) is 0 Å². The lowest BCUT2D eigenvalue weighted by Crippen LogP contribution is -2.61. The molecule has 2 aliphatic rings. The highest BCUT2D eigenvalue weighted by molar-refractivity contribution is 7.88. The Hall–Kier alpha value is -0.860.